The van der Waals surface area contributed by atoms with Crippen molar-refractivity contribution in [2.75, 3.05) is 22.9 Å². The van der Waals surface area contributed by atoms with Gasteiger partial charge in [-0.2, -0.15) is 0 Å². The smallest absolute Gasteiger partial charge is 0.415 e. The summed E-state index contributed by atoms with van der Waals surface area (Å²) in [6.07, 6.45) is -0.325. The van der Waals surface area contributed by atoms with Gasteiger partial charge in [0.2, 0.25) is 5.91 Å². The monoisotopic (exact) mass is 320 g/mol. The number of fused-ring (bicyclic) bond motifs is 1. The molecule has 1 atom stereocenters. The number of hydrogen-bond acceptors (Lipinski definition) is 5. The molecular weight excluding hydrogens is 300 g/mol. The van der Waals surface area contributed by atoms with E-state index in [0.717, 1.165) is 17.7 Å². The number of carbonyl (C=O) groups excluding carboxylic acids is 3. The summed E-state index contributed by atoms with van der Waals surface area (Å²) < 4.78 is 4.93. The van der Waals surface area contributed by atoms with Crippen molar-refractivity contribution in [1.82, 2.24) is 6.15 Å². The van der Waals surface area contributed by atoms with Crippen molar-refractivity contribution in [2.24, 2.45) is 5.73 Å². The third-order valence-corrected chi connectivity index (χ3v) is 3.88. The lowest BCUT2D eigenvalue weighted by Crippen LogP contribution is -2.32. The number of rotatable bonds is 4. The highest BCUT2D eigenvalue weighted by molar-refractivity contribution is 6.02. The first kappa shape index (κ1) is 16.8. The molecule has 1 fully saturated rings. The molecule has 0 unspecified atom stereocenters. The topological polar surface area (TPSA) is 128 Å². The van der Waals surface area contributed by atoms with Crippen LogP contribution < -0.4 is 21.7 Å². The van der Waals surface area contributed by atoms with Gasteiger partial charge in [0.05, 0.1) is 13.0 Å². The maximum absolute atomic E-state index is 12.0. The molecular formula is C15H20N4O4. The number of hydrogen-bond donors (Lipinski definition) is 2. The zero-order valence-electron chi connectivity index (χ0n) is 12.9. The van der Waals surface area contributed by atoms with E-state index in [9.17, 15) is 14.4 Å². The van der Waals surface area contributed by atoms with Crippen molar-refractivity contribution < 1.29 is 19.1 Å². The van der Waals surface area contributed by atoms with Gasteiger partial charge < -0.3 is 21.5 Å². The number of amides is 3. The molecule has 1 saturated heterocycles. The number of cyclic esters (lactones) is 1. The van der Waals surface area contributed by atoms with Crippen molar-refractivity contribution in [2.45, 2.75) is 25.9 Å². The molecule has 2 aliphatic rings. The second kappa shape index (κ2) is 6.25. The van der Waals surface area contributed by atoms with Gasteiger partial charge in [0.1, 0.15) is 0 Å². The van der Waals surface area contributed by atoms with Crippen LogP contribution in [0.5, 0.6) is 0 Å². The standard InChI is InChI=1S/C15H17N3O4.H3N/c1-2-5-17-11-4-3-10(6-9(11)7-13(17)19)18-8-12(14(16)20)22-15(18)21;/h3-4,6,12H,2,5,7-8H2,1H3,(H2,16,20);1H3/t12-;/m1./s1. The predicted octanol–water partition coefficient (Wildman–Crippen LogP) is 0.958. The molecule has 8 heteroatoms. The maximum Gasteiger partial charge on any atom is 0.415 e. The van der Waals surface area contributed by atoms with Crippen LogP contribution in [0.4, 0.5) is 16.2 Å². The summed E-state index contributed by atoms with van der Waals surface area (Å²) in [5, 5.41) is 0. The Morgan fingerprint density at radius 1 is 1.39 bits per heavy atom. The van der Waals surface area contributed by atoms with E-state index in [0.29, 0.717) is 18.7 Å². The van der Waals surface area contributed by atoms with E-state index in [-0.39, 0.29) is 18.6 Å². The summed E-state index contributed by atoms with van der Waals surface area (Å²) in [6, 6.07) is 5.38. The molecule has 0 bridgehead atoms. The van der Waals surface area contributed by atoms with E-state index < -0.39 is 18.1 Å². The molecule has 8 nitrogen and oxygen atoms in total. The summed E-state index contributed by atoms with van der Waals surface area (Å²) in [6.45, 7) is 2.80. The van der Waals surface area contributed by atoms with Gasteiger partial charge in [-0.1, -0.05) is 6.92 Å². The summed E-state index contributed by atoms with van der Waals surface area (Å²) in [4.78, 5) is 38.1. The van der Waals surface area contributed by atoms with Gasteiger partial charge in [0.25, 0.3) is 5.91 Å². The second-order valence-corrected chi connectivity index (χ2v) is 5.42. The molecule has 0 aliphatic carbocycles. The molecule has 124 valence electrons. The van der Waals surface area contributed by atoms with Crippen LogP contribution in [0.15, 0.2) is 18.2 Å². The van der Waals surface area contributed by atoms with Gasteiger partial charge in [-0.25, -0.2) is 4.79 Å². The third kappa shape index (κ3) is 2.85. The van der Waals surface area contributed by atoms with E-state index in [1.165, 1.54) is 4.90 Å². The van der Waals surface area contributed by atoms with Gasteiger partial charge >= 0.3 is 6.09 Å². The highest BCUT2D eigenvalue weighted by atomic mass is 16.6. The number of benzene rings is 1. The molecule has 2 aliphatic heterocycles. The minimum atomic E-state index is -0.932. The highest BCUT2D eigenvalue weighted by Gasteiger charge is 2.36. The van der Waals surface area contributed by atoms with Crippen LogP contribution in [0, 0.1) is 0 Å². The molecule has 2 heterocycles. The average Bonchev–Trinajstić information content (AvgIpc) is 3.00. The summed E-state index contributed by atoms with van der Waals surface area (Å²) >= 11 is 0. The van der Waals surface area contributed by atoms with Gasteiger partial charge in [-0.05, 0) is 30.2 Å². The lowest BCUT2D eigenvalue weighted by atomic mass is 10.1. The van der Waals surface area contributed by atoms with Crippen LogP contribution in [0.2, 0.25) is 0 Å². The van der Waals surface area contributed by atoms with E-state index in [4.69, 9.17) is 10.5 Å². The zero-order chi connectivity index (χ0) is 15.9. The minimum absolute atomic E-state index is 0. The molecule has 5 N–H and O–H groups in total. The fourth-order valence-electron chi connectivity index (χ4n) is 2.83. The molecule has 0 spiro atoms. The normalized spacial score (nSPS) is 19.4. The zero-order valence-corrected chi connectivity index (χ0v) is 12.9. The summed E-state index contributed by atoms with van der Waals surface area (Å²) in [7, 11) is 0. The number of nitrogens with zero attached hydrogens (tertiary/aromatic N) is 2. The molecule has 23 heavy (non-hydrogen) atoms. The van der Waals surface area contributed by atoms with Crippen LogP contribution in [0.25, 0.3) is 0 Å². The Labute approximate surface area is 133 Å². The van der Waals surface area contributed by atoms with Crippen LogP contribution >= 0.6 is 0 Å². The molecule has 1 aromatic carbocycles. The summed E-state index contributed by atoms with van der Waals surface area (Å²) in [5.74, 6) is -0.602. The number of nitrogens with two attached hydrogens (primary N) is 1. The van der Waals surface area contributed by atoms with Gasteiger partial charge in [-0.3, -0.25) is 14.5 Å². The van der Waals surface area contributed by atoms with Crippen molar-refractivity contribution in [3.63, 3.8) is 0 Å². The largest absolute Gasteiger partial charge is 0.434 e. The number of anilines is 2. The first-order valence-electron chi connectivity index (χ1n) is 7.22. The molecule has 0 aromatic heterocycles. The SMILES string of the molecule is CCCN1C(=O)Cc2cc(N3C[C@H](C(N)=O)OC3=O)ccc21.N. The Bertz CT molecular complexity index is 661. The lowest BCUT2D eigenvalue weighted by molar-refractivity contribution is -0.124. The fraction of sp³-hybridized carbons (Fsp3) is 0.400. The van der Waals surface area contributed by atoms with Crippen molar-refractivity contribution in [3.8, 4) is 0 Å². The second-order valence-electron chi connectivity index (χ2n) is 5.42. The molecule has 3 rings (SSSR count). The van der Waals surface area contributed by atoms with Crippen molar-refractivity contribution >= 4 is 29.3 Å². The quantitative estimate of drug-likeness (QED) is 0.853. The Balaban J connectivity index is 0.00000192. The van der Waals surface area contributed by atoms with Crippen molar-refractivity contribution in [3.05, 3.63) is 23.8 Å². The third-order valence-electron chi connectivity index (χ3n) is 3.88. The molecule has 3 amide bonds. The van der Waals surface area contributed by atoms with Crippen LogP contribution in [0.3, 0.4) is 0 Å². The van der Waals surface area contributed by atoms with E-state index in [1.807, 2.05) is 13.0 Å². The van der Waals surface area contributed by atoms with Crippen LogP contribution in [0.1, 0.15) is 18.9 Å². The first-order chi connectivity index (χ1) is 10.5. The fourth-order valence-corrected chi connectivity index (χ4v) is 2.83. The lowest BCUT2D eigenvalue weighted by Gasteiger charge is -2.18. The first-order valence-corrected chi connectivity index (χ1v) is 7.22. The predicted molar refractivity (Wildman–Crippen MR) is 84.6 cm³/mol. The van der Waals surface area contributed by atoms with Gasteiger partial charge in [0, 0.05) is 17.9 Å². The Kier molecular flexibility index (Phi) is 4.55. The molecule has 1 aromatic rings. The van der Waals surface area contributed by atoms with E-state index in [2.05, 4.69) is 0 Å². The molecule has 0 saturated carbocycles. The summed E-state index contributed by atoms with van der Waals surface area (Å²) in [5.41, 5.74) is 7.54. The van der Waals surface area contributed by atoms with Crippen molar-refractivity contribution in [1.29, 1.82) is 0 Å². The van der Waals surface area contributed by atoms with Crippen LogP contribution in [-0.2, 0) is 20.7 Å². The minimum Gasteiger partial charge on any atom is -0.434 e. The van der Waals surface area contributed by atoms with Gasteiger partial charge in [-0.15, -0.1) is 0 Å². The Morgan fingerprint density at radius 3 is 2.74 bits per heavy atom. The van der Waals surface area contributed by atoms with E-state index in [1.54, 1.807) is 17.0 Å². The highest BCUT2D eigenvalue weighted by Crippen LogP contribution is 2.33. The molecule has 0 radical (unpaired) electrons. The number of primary amides is 1. The Hall–Kier alpha value is -2.61. The number of ether oxygens (including phenoxy) is 1. The average molecular weight is 320 g/mol. The maximum atomic E-state index is 12.0. The van der Waals surface area contributed by atoms with Crippen LogP contribution in [-0.4, -0.2) is 37.1 Å². The van der Waals surface area contributed by atoms with Gasteiger partial charge in [0.15, 0.2) is 6.10 Å². The number of carbonyl (C=O) groups is 3. The Morgan fingerprint density at radius 2 is 2.13 bits per heavy atom. The van der Waals surface area contributed by atoms with E-state index >= 15 is 0 Å².